The molecule has 0 aliphatic heterocycles. The SMILES string of the molecule is Cc1c(Cl)cnn1CCC(=O)Nc1ccc(Br)cc1F. The average molecular weight is 361 g/mol. The highest BCUT2D eigenvalue weighted by Gasteiger charge is 2.09. The van der Waals surface area contributed by atoms with Gasteiger partial charge in [-0.2, -0.15) is 5.10 Å². The van der Waals surface area contributed by atoms with Crippen LogP contribution >= 0.6 is 27.5 Å². The van der Waals surface area contributed by atoms with E-state index in [0.717, 1.165) is 5.69 Å². The molecule has 1 aromatic carbocycles. The van der Waals surface area contributed by atoms with Crippen molar-refractivity contribution >= 4 is 39.1 Å². The number of halogens is 3. The molecule has 2 aromatic rings. The first-order valence-electron chi connectivity index (χ1n) is 5.90. The summed E-state index contributed by atoms with van der Waals surface area (Å²) in [6.45, 7) is 2.21. The third-order valence-electron chi connectivity index (χ3n) is 2.80. The number of nitrogens with one attached hydrogen (secondary N) is 1. The minimum absolute atomic E-state index is 0.161. The molecule has 0 aliphatic carbocycles. The zero-order valence-electron chi connectivity index (χ0n) is 10.7. The van der Waals surface area contributed by atoms with Gasteiger partial charge in [-0.25, -0.2) is 4.39 Å². The second-order valence-corrected chi connectivity index (χ2v) is 5.55. The molecule has 106 valence electrons. The Morgan fingerprint density at radius 1 is 1.55 bits per heavy atom. The summed E-state index contributed by atoms with van der Waals surface area (Å²) in [5.41, 5.74) is 0.961. The van der Waals surface area contributed by atoms with E-state index in [0.29, 0.717) is 16.0 Å². The molecule has 1 N–H and O–H groups in total. The lowest BCUT2D eigenvalue weighted by atomic mass is 10.3. The number of nitrogens with zero attached hydrogens (tertiary/aromatic N) is 2. The fourth-order valence-corrected chi connectivity index (χ4v) is 2.13. The summed E-state index contributed by atoms with van der Waals surface area (Å²) in [5.74, 6) is -0.761. The first-order valence-corrected chi connectivity index (χ1v) is 7.07. The maximum absolute atomic E-state index is 13.6. The number of hydrogen-bond donors (Lipinski definition) is 1. The van der Waals surface area contributed by atoms with E-state index >= 15 is 0 Å². The molecule has 1 aromatic heterocycles. The van der Waals surface area contributed by atoms with E-state index in [1.165, 1.54) is 18.3 Å². The Morgan fingerprint density at radius 3 is 2.90 bits per heavy atom. The summed E-state index contributed by atoms with van der Waals surface area (Å²) >= 11 is 9.03. The number of carbonyl (C=O) groups excluding carboxylic acids is 1. The van der Waals surface area contributed by atoms with Gasteiger partial charge in [0, 0.05) is 10.9 Å². The van der Waals surface area contributed by atoms with E-state index in [-0.39, 0.29) is 18.0 Å². The number of benzene rings is 1. The van der Waals surface area contributed by atoms with Gasteiger partial charge in [-0.1, -0.05) is 27.5 Å². The zero-order chi connectivity index (χ0) is 14.7. The Bertz CT molecular complexity index is 645. The van der Waals surface area contributed by atoms with Gasteiger partial charge in [-0.15, -0.1) is 0 Å². The molecular weight excluding hydrogens is 349 g/mol. The quantitative estimate of drug-likeness (QED) is 0.902. The molecule has 1 amide bonds. The van der Waals surface area contributed by atoms with Crippen molar-refractivity contribution < 1.29 is 9.18 Å². The maximum atomic E-state index is 13.6. The molecule has 0 spiro atoms. The van der Waals surface area contributed by atoms with Crippen LogP contribution in [0, 0.1) is 12.7 Å². The molecule has 2 rings (SSSR count). The van der Waals surface area contributed by atoms with Crippen LogP contribution in [0.5, 0.6) is 0 Å². The van der Waals surface area contributed by atoms with Crippen molar-refractivity contribution in [1.29, 1.82) is 0 Å². The molecule has 0 bridgehead atoms. The van der Waals surface area contributed by atoms with Crippen LogP contribution < -0.4 is 5.32 Å². The lowest BCUT2D eigenvalue weighted by Crippen LogP contribution is -2.16. The maximum Gasteiger partial charge on any atom is 0.226 e. The second-order valence-electron chi connectivity index (χ2n) is 4.22. The summed E-state index contributed by atoms with van der Waals surface area (Å²) in [5, 5.41) is 7.13. The van der Waals surface area contributed by atoms with Crippen LogP contribution in [0.3, 0.4) is 0 Å². The van der Waals surface area contributed by atoms with Gasteiger partial charge in [0.15, 0.2) is 0 Å². The minimum atomic E-state index is -0.481. The van der Waals surface area contributed by atoms with Crippen LogP contribution in [0.1, 0.15) is 12.1 Å². The van der Waals surface area contributed by atoms with Crippen LogP contribution in [-0.4, -0.2) is 15.7 Å². The zero-order valence-corrected chi connectivity index (χ0v) is 13.0. The van der Waals surface area contributed by atoms with Crippen molar-refractivity contribution in [3.8, 4) is 0 Å². The van der Waals surface area contributed by atoms with E-state index in [9.17, 15) is 9.18 Å². The summed E-state index contributed by atoms with van der Waals surface area (Å²) < 4.78 is 15.8. The normalized spacial score (nSPS) is 10.6. The lowest BCUT2D eigenvalue weighted by Gasteiger charge is -2.07. The van der Waals surface area contributed by atoms with E-state index in [4.69, 9.17) is 11.6 Å². The number of aromatic nitrogens is 2. The van der Waals surface area contributed by atoms with E-state index in [1.54, 1.807) is 10.7 Å². The molecule has 0 saturated heterocycles. The Kier molecular flexibility index (Phi) is 4.77. The number of hydrogen-bond acceptors (Lipinski definition) is 2. The summed E-state index contributed by atoms with van der Waals surface area (Å²) in [7, 11) is 0. The predicted octanol–water partition coefficient (Wildman–Crippen LogP) is 3.78. The first kappa shape index (κ1) is 15.0. The highest BCUT2D eigenvalue weighted by Crippen LogP contribution is 2.19. The Morgan fingerprint density at radius 2 is 2.30 bits per heavy atom. The lowest BCUT2D eigenvalue weighted by molar-refractivity contribution is -0.116. The van der Waals surface area contributed by atoms with Crippen LogP contribution in [0.4, 0.5) is 10.1 Å². The minimum Gasteiger partial charge on any atom is -0.324 e. The molecule has 7 heteroatoms. The van der Waals surface area contributed by atoms with Gasteiger partial charge in [0.25, 0.3) is 0 Å². The summed E-state index contributed by atoms with van der Waals surface area (Å²) in [4.78, 5) is 11.8. The number of carbonyl (C=O) groups is 1. The smallest absolute Gasteiger partial charge is 0.226 e. The number of aryl methyl sites for hydroxylation is 1. The largest absolute Gasteiger partial charge is 0.324 e. The Balaban J connectivity index is 1.94. The van der Waals surface area contributed by atoms with Gasteiger partial charge >= 0.3 is 0 Å². The van der Waals surface area contributed by atoms with Crippen LogP contribution in [0.25, 0.3) is 0 Å². The summed E-state index contributed by atoms with van der Waals surface area (Å²) in [6.07, 6.45) is 1.72. The fraction of sp³-hybridized carbons (Fsp3) is 0.231. The van der Waals surface area contributed by atoms with Crippen LogP contribution in [-0.2, 0) is 11.3 Å². The predicted molar refractivity (Wildman–Crippen MR) is 79.3 cm³/mol. The van der Waals surface area contributed by atoms with Crippen molar-refractivity contribution in [2.75, 3.05) is 5.32 Å². The highest BCUT2D eigenvalue weighted by atomic mass is 79.9. The molecule has 0 atom stereocenters. The Hall–Kier alpha value is -1.40. The number of anilines is 1. The molecule has 0 unspecified atom stereocenters. The van der Waals surface area contributed by atoms with Gasteiger partial charge in [-0.3, -0.25) is 9.48 Å². The average Bonchev–Trinajstić information content (AvgIpc) is 2.71. The van der Waals surface area contributed by atoms with Gasteiger partial charge in [-0.05, 0) is 25.1 Å². The molecule has 4 nitrogen and oxygen atoms in total. The van der Waals surface area contributed by atoms with Crippen molar-refractivity contribution in [3.63, 3.8) is 0 Å². The third-order valence-corrected chi connectivity index (χ3v) is 3.66. The van der Waals surface area contributed by atoms with Crippen LogP contribution in [0.2, 0.25) is 5.02 Å². The van der Waals surface area contributed by atoms with Gasteiger partial charge < -0.3 is 5.32 Å². The molecule has 0 fully saturated rings. The molecule has 0 aliphatic rings. The topological polar surface area (TPSA) is 46.9 Å². The van der Waals surface area contributed by atoms with Gasteiger partial charge in [0.05, 0.1) is 29.1 Å². The van der Waals surface area contributed by atoms with Crippen molar-refractivity contribution in [1.82, 2.24) is 9.78 Å². The molecule has 20 heavy (non-hydrogen) atoms. The van der Waals surface area contributed by atoms with Crippen molar-refractivity contribution in [3.05, 3.63) is 45.4 Å². The fourth-order valence-electron chi connectivity index (χ4n) is 1.66. The molecule has 0 radical (unpaired) electrons. The van der Waals surface area contributed by atoms with E-state index in [1.807, 2.05) is 6.92 Å². The highest BCUT2D eigenvalue weighted by molar-refractivity contribution is 9.10. The first-order chi connectivity index (χ1) is 9.47. The van der Waals surface area contributed by atoms with Gasteiger partial charge in [0.1, 0.15) is 5.82 Å². The Labute approximate surface area is 129 Å². The monoisotopic (exact) mass is 359 g/mol. The molecule has 0 saturated carbocycles. The van der Waals surface area contributed by atoms with E-state index in [2.05, 4.69) is 26.3 Å². The molecular formula is C13H12BrClFN3O. The second kappa shape index (κ2) is 6.37. The van der Waals surface area contributed by atoms with Crippen LogP contribution in [0.15, 0.2) is 28.9 Å². The number of amides is 1. The van der Waals surface area contributed by atoms with E-state index < -0.39 is 5.82 Å². The standard InChI is InChI=1S/C13H12BrClFN3O/c1-8-10(15)7-17-19(8)5-4-13(20)18-12-3-2-9(14)6-11(12)16/h2-3,6-7H,4-5H2,1H3,(H,18,20). The number of rotatable bonds is 4. The van der Waals surface area contributed by atoms with Crippen molar-refractivity contribution in [2.24, 2.45) is 0 Å². The van der Waals surface area contributed by atoms with Crippen molar-refractivity contribution in [2.45, 2.75) is 19.9 Å². The molecule has 1 heterocycles. The third kappa shape index (κ3) is 3.58. The van der Waals surface area contributed by atoms with Gasteiger partial charge in [0.2, 0.25) is 5.91 Å². The summed E-state index contributed by atoms with van der Waals surface area (Å²) in [6, 6.07) is 4.47.